The summed E-state index contributed by atoms with van der Waals surface area (Å²) in [6.45, 7) is 4.31. The number of benzene rings is 2. The van der Waals surface area contributed by atoms with Crippen LogP contribution in [0.15, 0.2) is 48.5 Å². The highest BCUT2D eigenvalue weighted by Crippen LogP contribution is 2.41. The summed E-state index contributed by atoms with van der Waals surface area (Å²) in [5, 5.41) is 8.64. The standard InChI is InChI=1S/C18H18N2O3/c1-18(2)14-5-3-4-6-15(14)20(17(18)22)11-12-7-9-13(10-8-12)16(21)19-23/h3-10,23H,11H2,1-2H3,(H,19,21). The van der Waals surface area contributed by atoms with Crippen molar-refractivity contribution >= 4 is 17.5 Å². The highest BCUT2D eigenvalue weighted by molar-refractivity contribution is 6.07. The second-order valence-corrected chi connectivity index (χ2v) is 6.17. The molecular weight excluding hydrogens is 292 g/mol. The number of nitrogens with one attached hydrogen (secondary N) is 1. The Morgan fingerprint density at radius 3 is 2.43 bits per heavy atom. The number of carbonyl (C=O) groups is 2. The number of hydrogen-bond acceptors (Lipinski definition) is 3. The van der Waals surface area contributed by atoms with Gasteiger partial charge in [-0.25, -0.2) is 5.48 Å². The lowest BCUT2D eigenvalue weighted by Gasteiger charge is -2.20. The minimum atomic E-state index is -0.555. The van der Waals surface area contributed by atoms with Crippen LogP contribution in [0.5, 0.6) is 0 Å². The van der Waals surface area contributed by atoms with Crippen molar-refractivity contribution in [2.45, 2.75) is 25.8 Å². The molecule has 2 aromatic carbocycles. The molecule has 2 N–H and O–H groups in total. The van der Waals surface area contributed by atoms with Gasteiger partial charge in [0.1, 0.15) is 0 Å². The highest BCUT2D eigenvalue weighted by atomic mass is 16.5. The van der Waals surface area contributed by atoms with Crippen LogP contribution in [0.3, 0.4) is 0 Å². The molecule has 3 rings (SSSR count). The number of para-hydroxylation sites is 1. The van der Waals surface area contributed by atoms with Crippen LogP contribution in [-0.4, -0.2) is 17.0 Å². The van der Waals surface area contributed by atoms with Crippen LogP contribution in [0.2, 0.25) is 0 Å². The van der Waals surface area contributed by atoms with Crippen molar-refractivity contribution in [3.8, 4) is 0 Å². The summed E-state index contributed by atoms with van der Waals surface area (Å²) < 4.78 is 0. The van der Waals surface area contributed by atoms with Crippen molar-refractivity contribution in [1.82, 2.24) is 5.48 Å². The van der Waals surface area contributed by atoms with Crippen LogP contribution in [0, 0.1) is 0 Å². The maximum atomic E-state index is 12.7. The van der Waals surface area contributed by atoms with Crippen LogP contribution in [-0.2, 0) is 16.8 Å². The number of nitrogens with zero attached hydrogens (tertiary/aromatic N) is 1. The van der Waals surface area contributed by atoms with E-state index in [1.807, 2.05) is 38.1 Å². The van der Waals surface area contributed by atoms with Gasteiger partial charge in [-0.3, -0.25) is 14.8 Å². The molecule has 23 heavy (non-hydrogen) atoms. The number of carbonyl (C=O) groups excluding carboxylic acids is 2. The first-order valence-electron chi connectivity index (χ1n) is 7.40. The Bertz CT molecular complexity index is 766. The maximum Gasteiger partial charge on any atom is 0.274 e. The van der Waals surface area contributed by atoms with E-state index in [9.17, 15) is 9.59 Å². The van der Waals surface area contributed by atoms with E-state index in [-0.39, 0.29) is 5.91 Å². The van der Waals surface area contributed by atoms with Crippen LogP contribution >= 0.6 is 0 Å². The van der Waals surface area contributed by atoms with Crippen molar-refractivity contribution in [1.29, 1.82) is 0 Å². The molecule has 0 spiro atoms. The molecule has 5 nitrogen and oxygen atoms in total. The Morgan fingerprint density at radius 2 is 1.78 bits per heavy atom. The molecule has 1 aliphatic rings. The van der Waals surface area contributed by atoms with E-state index in [1.165, 1.54) is 0 Å². The van der Waals surface area contributed by atoms with Crippen molar-refractivity contribution in [2.24, 2.45) is 0 Å². The van der Waals surface area contributed by atoms with E-state index in [0.717, 1.165) is 16.8 Å². The summed E-state index contributed by atoms with van der Waals surface area (Å²) >= 11 is 0. The largest absolute Gasteiger partial charge is 0.307 e. The van der Waals surface area contributed by atoms with Crippen LogP contribution < -0.4 is 10.4 Å². The molecule has 2 aromatic rings. The maximum absolute atomic E-state index is 12.7. The molecule has 0 saturated heterocycles. The molecule has 0 saturated carbocycles. The molecule has 0 aromatic heterocycles. The average molecular weight is 310 g/mol. The van der Waals surface area contributed by atoms with Crippen LogP contribution in [0.4, 0.5) is 5.69 Å². The molecule has 0 aliphatic carbocycles. The first kappa shape index (κ1) is 15.2. The monoisotopic (exact) mass is 310 g/mol. The minimum Gasteiger partial charge on any atom is -0.307 e. The Hall–Kier alpha value is -2.66. The first-order valence-corrected chi connectivity index (χ1v) is 7.40. The zero-order valence-electron chi connectivity index (χ0n) is 13.0. The molecule has 0 unspecified atom stereocenters. The van der Waals surface area contributed by atoms with E-state index in [1.54, 1.807) is 34.6 Å². The van der Waals surface area contributed by atoms with Gasteiger partial charge in [-0.15, -0.1) is 0 Å². The van der Waals surface area contributed by atoms with Gasteiger partial charge >= 0.3 is 0 Å². The highest BCUT2D eigenvalue weighted by Gasteiger charge is 2.43. The van der Waals surface area contributed by atoms with Crippen molar-refractivity contribution in [3.05, 3.63) is 65.2 Å². The smallest absolute Gasteiger partial charge is 0.274 e. The molecule has 2 amide bonds. The fourth-order valence-corrected chi connectivity index (χ4v) is 2.97. The molecule has 1 aliphatic heterocycles. The zero-order valence-corrected chi connectivity index (χ0v) is 13.0. The normalized spacial score (nSPS) is 15.4. The van der Waals surface area contributed by atoms with Gasteiger partial charge in [0.05, 0.1) is 12.0 Å². The summed E-state index contributed by atoms with van der Waals surface area (Å²) in [4.78, 5) is 25.9. The number of amides is 2. The third kappa shape index (κ3) is 2.49. The second-order valence-electron chi connectivity index (χ2n) is 6.17. The van der Waals surface area contributed by atoms with Gasteiger partial charge in [0.2, 0.25) is 5.91 Å². The number of hydroxylamine groups is 1. The molecular formula is C18H18N2O3. The quantitative estimate of drug-likeness (QED) is 0.676. The Balaban J connectivity index is 1.89. The second kappa shape index (κ2) is 5.52. The molecule has 5 heteroatoms. The van der Waals surface area contributed by atoms with Gasteiger partial charge in [-0.05, 0) is 43.2 Å². The molecule has 0 radical (unpaired) electrons. The third-order valence-corrected chi connectivity index (χ3v) is 4.31. The van der Waals surface area contributed by atoms with Gasteiger partial charge < -0.3 is 4.90 Å². The van der Waals surface area contributed by atoms with Gasteiger partial charge in [0, 0.05) is 11.3 Å². The van der Waals surface area contributed by atoms with Gasteiger partial charge in [0.25, 0.3) is 5.91 Å². The summed E-state index contributed by atoms with van der Waals surface area (Å²) in [5.74, 6) is -0.490. The first-order chi connectivity index (χ1) is 10.9. The fourth-order valence-electron chi connectivity index (χ4n) is 2.97. The van der Waals surface area contributed by atoms with E-state index in [2.05, 4.69) is 0 Å². The number of hydrogen-bond donors (Lipinski definition) is 2. The summed E-state index contributed by atoms with van der Waals surface area (Å²) in [7, 11) is 0. The average Bonchev–Trinajstić information content (AvgIpc) is 2.76. The molecule has 1 heterocycles. The van der Waals surface area contributed by atoms with Crippen LogP contribution in [0.1, 0.15) is 35.3 Å². The number of anilines is 1. The van der Waals surface area contributed by atoms with E-state index in [0.29, 0.717) is 12.1 Å². The third-order valence-electron chi connectivity index (χ3n) is 4.31. The summed E-state index contributed by atoms with van der Waals surface area (Å²) in [6.07, 6.45) is 0. The van der Waals surface area contributed by atoms with Crippen molar-refractivity contribution in [2.75, 3.05) is 4.90 Å². The summed E-state index contributed by atoms with van der Waals surface area (Å²) in [6, 6.07) is 14.6. The molecule has 0 fully saturated rings. The Morgan fingerprint density at radius 1 is 1.13 bits per heavy atom. The Labute approximate surface area is 134 Å². The fraction of sp³-hybridized carbons (Fsp3) is 0.222. The van der Waals surface area contributed by atoms with Crippen molar-refractivity contribution < 1.29 is 14.8 Å². The predicted octanol–water partition coefficient (Wildman–Crippen LogP) is 2.63. The SMILES string of the molecule is CC1(C)C(=O)N(Cc2ccc(C(=O)NO)cc2)c2ccccc21. The molecule has 0 atom stereocenters. The van der Waals surface area contributed by atoms with Crippen LogP contribution in [0.25, 0.3) is 0 Å². The van der Waals surface area contributed by atoms with E-state index < -0.39 is 11.3 Å². The number of rotatable bonds is 3. The lowest BCUT2D eigenvalue weighted by atomic mass is 9.86. The zero-order chi connectivity index (χ0) is 16.6. The van der Waals surface area contributed by atoms with Gasteiger partial charge in [0.15, 0.2) is 0 Å². The molecule has 0 bridgehead atoms. The minimum absolute atomic E-state index is 0.0656. The lowest BCUT2D eigenvalue weighted by molar-refractivity contribution is -0.122. The van der Waals surface area contributed by atoms with Crippen molar-refractivity contribution in [3.63, 3.8) is 0 Å². The Kier molecular flexibility index (Phi) is 3.66. The van der Waals surface area contributed by atoms with E-state index in [4.69, 9.17) is 5.21 Å². The van der Waals surface area contributed by atoms with Gasteiger partial charge in [-0.1, -0.05) is 30.3 Å². The predicted molar refractivity (Wildman–Crippen MR) is 86.4 cm³/mol. The number of fused-ring (bicyclic) bond motifs is 1. The summed E-state index contributed by atoms with van der Waals surface area (Å²) in [5.41, 5.74) is 4.31. The van der Waals surface area contributed by atoms with Gasteiger partial charge in [-0.2, -0.15) is 0 Å². The lowest BCUT2D eigenvalue weighted by Crippen LogP contribution is -2.35. The topological polar surface area (TPSA) is 69.6 Å². The molecule has 118 valence electrons. The van der Waals surface area contributed by atoms with E-state index >= 15 is 0 Å².